The van der Waals surface area contributed by atoms with Gasteiger partial charge in [0.2, 0.25) is 0 Å². The van der Waals surface area contributed by atoms with Crippen molar-refractivity contribution in [2.75, 3.05) is 13.2 Å². The molecule has 0 atom stereocenters. The van der Waals surface area contributed by atoms with Crippen LogP contribution in [0.15, 0.2) is 42.5 Å². The van der Waals surface area contributed by atoms with Gasteiger partial charge in [0.15, 0.2) is 0 Å². The summed E-state index contributed by atoms with van der Waals surface area (Å²) >= 11 is 5.93. The van der Waals surface area contributed by atoms with Crippen LogP contribution in [0.1, 0.15) is 22.3 Å². The van der Waals surface area contributed by atoms with Gasteiger partial charge >= 0.3 is 0 Å². The van der Waals surface area contributed by atoms with Crippen molar-refractivity contribution in [2.45, 2.75) is 25.7 Å². The maximum Gasteiger partial charge on any atom is 0.0553 e. The lowest BCUT2D eigenvalue weighted by molar-refractivity contribution is 0.116. The highest BCUT2D eigenvalue weighted by atomic mass is 35.5. The average Bonchev–Trinajstić information content (AvgIpc) is 2.49. The Kier molecular flexibility index (Phi) is 5.04. The monoisotopic (exact) mass is 304 g/mol. The molecule has 112 valence electrons. The summed E-state index contributed by atoms with van der Waals surface area (Å²) in [6.45, 7) is 3.89. The second-order valence-electron chi connectivity index (χ2n) is 5.65. The van der Waals surface area contributed by atoms with Gasteiger partial charge in [-0.1, -0.05) is 41.9 Å². The maximum atomic E-state index is 9.95. The normalized spacial score (nSPS) is 11.7. The molecular weight excluding hydrogens is 284 g/mol. The third-order valence-electron chi connectivity index (χ3n) is 4.22. The van der Waals surface area contributed by atoms with E-state index in [2.05, 4.69) is 26.0 Å². The molecule has 21 heavy (non-hydrogen) atoms. The van der Waals surface area contributed by atoms with Crippen molar-refractivity contribution in [2.24, 2.45) is 0 Å². The van der Waals surface area contributed by atoms with Gasteiger partial charge in [-0.15, -0.1) is 0 Å². The Bertz CT molecular complexity index is 581. The second kappa shape index (κ2) is 6.61. The zero-order chi connectivity index (χ0) is 15.5. The molecule has 0 fully saturated rings. The maximum absolute atomic E-state index is 9.95. The summed E-state index contributed by atoms with van der Waals surface area (Å²) < 4.78 is 0. The minimum Gasteiger partial charge on any atom is -0.395 e. The highest BCUT2D eigenvalue weighted by molar-refractivity contribution is 6.30. The summed E-state index contributed by atoms with van der Waals surface area (Å²) in [6, 6.07) is 13.5. The van der Waals surface area contributed by atoms with Crippen LogP contribution in [0.4, 0.5) is 0 Å². The number of aliphatic hydroxyl groups is 2. The van der Waals surface area contributed by atoms with E-state index in [4.69, 9.17) is 11.6 Å². The van der Waals surface area contributed by atoms with Gasteiger partial charge in [0.25, 0.3) is 0 Å². The summed E-state index contributed by atoms with van der Waals surface area (Å²) in [4.78, 5) is 0. The molecule has 0 saturated carbocycles. The Hall–Kier alpha value is -1.35. The molecule has 3 heteroatoms. The third kappa shape index (κ3) is 3.29. The first-order chi connectivity index (χ1) is 10.0. The molecule has 0 radical (unpaired) electrons. The average molecular weight is 305 g/mol. The van der Waals surface area contributed by atoms with Gasteiger partial charge in [0.05, 0.1) is 13.2 Å². The molecule has 2 nitrogen and oxygen atoms in total. The molecule has 0 unspecified atom stereocenters. The number of rotatable bonds is 5. The summed E-state index contributed by atoms with van der Waals surface area (Å²) in [6.07, 6.45) is 0.597. The molecular formula is C18H21ClO2. The van der Waals surface area contributed by atoms with E-state index in [1.165, 1.54) is 16.7 Å². The van der Waals surface area contributed by atoms with Crippen LogP contribution in [0.3, 0.4) is 0 Å². The van der Waals surface area contributed by atoms with Crippen molar-refractivity contribution < 1.29 is 10.2 Å². The van der Waals surface area contributed by atoms with E-state index in [-0.39, 0.29) is 13.2 Å². The van der Waals surface area contributed by atoms with Gasteiger partial charge in [-0.3, -0.25) is 0 Å². The van der Waals surface area contributed by atoms with E-state index in [1.807, 2.05) is 18.2 Å². The lowest BCUT2D eigenvalue weighted by Gasteiger charge is -2.32. The van der Waals surface area contributed by atoms with Crippen molar-refractivity contribution in [3.05, 3.63) is 69.7 Å². The number of halogens is 1. The Balaban J connectivity index is 2.45. The quantitative estimate of drug-likeness (QED) is 0.888. The molecule has 0 heterocycles. The minimum absolute atomic E-state index is 0.112. The molecule has 0 aliphatic carbocycles. The van der Waals surface area contributed by atoms with Crippen molar-refractivity contribution in [1.29, 1.82) is 0 Å². The first-order valence-corrected chi connectivity index (χ1v) is 7.43. The van der Waals surface area contributed by atoms with E-state index < -0.39 is 5.41 Å². The van der Waals surface area contributed by atoms with Crippen LogP contribution in [-0.2, 0) is 11.8 Å². The molecule has 2 N–H and O–H groups in total. The lowest BCUT2D eigenvalue weighted by atomic mass is 9.75. The Labute approximate surface area is 131 Å². The number of hydrogen-bond donors (Lipinski definition) is 2. The molecule has 0 aliphatic heterocycles. The molecule has 0 saturated heterocycles. The fraction of sp³-hybridized carbons (Fsp3) is 0.333. The number of aryl methyl sites for hydroxylation is 2. The standard InChI is InChI=1S/C18H21ClO2/c1-13-4-3-5-14(2)17(13)10-18(11-20,12-21)15-6-8-16(19)9-7-15/h3-9,20-21H,10-12H2,1-2H3. The Morgan fingerprint density at radius 2 is 1.43 bits per heavy atom. The third-order valence-corrected chi connectivity index (χ3v) is 4.47. The highest BCUT2D eigenvalue weighted by Gasteiger charge is 2.32. The summed E-state index contributed by atoms with van der Waals surface area (Å²) in [7, 11) is 0. The topological polar surface area (TPSA) is 40.5 Å². The fourth-order valence-corrected chi connectivity index (χ4v) is 2.84. The Morgan fingerprint density at radius 3 is 1.90 bits per heavy atom. The van der Waals surface area contributed by atoms with Gasteiger partial charge in [-0.2, -0.15) is 0 Å². The van der Waals surface area contributed by atoms with Gasteiger partial charge in [-0.25, -0.2) is 0 Å². The number of hydrogen-bond acceptors (Lipinski definition) is 2. The predicted octanol–water partition coefficient (Wildman–Crippen LogP) is 3.42. The second-order valence-corrected chi connectivity index (χ2v) is 6.09. The van der Waals surface area contributed by atoms with Crippen LogP contribution in [0.5, 0.6) is 0 Å². The van der Waals surface area contributed by atoms with Crippen LogP contribution in [0.2, 0.25) is 5.02 Å². The predicted molar refractivity (Wildman–Crippen MR) is 86.9 cm³/mol. The summed E-state index contributed by atoms with van der Waals surface area (Å²) in [5.41, 5.74) is 3.74. The molecule has 0 aromatic heterocycles. The number of aliphatic hydroxyl groups excluding tert-OH is 2. The Morgan fingerprint density at radius 1 is 0.905 bits per heavy atom. The minimum atomic E-state index is -0.693. The van der Waals surface area contributed by atoms with Crippen LogP contribution in [0.25, 0.3) is 0 Å². The van der Waals surface area contributed by atoms with Crippen molar-refractivity contribution in [3.63, 3.8) is 0 Å². The van der Waals surface area contributed by atoms with Gasteiger partial charge < -0.3 is 10.2 Å². The molecule has 2 aromatic rings. The first kappa shape index (κ1) is 16.0. The molecule has 0 bridgehead atoms. The first-order valence-electron chi connectivity index (χ1n) is 7.05. The van der Waals surface area contributed by atoms with Gasteiger partial charge in [-0.05, 0) is 54.7 Å². The van der Waals surface area contributed by atoms with Crippen molar-refractivity contribution in [3.8, 4) is 0 Å². The summed E-state index contributed by atoms with van der Waals surface area (Å²) in [5, 5.41) is 20.5. The smallest absolute Gasteiger partial charge is 0.0553 e. The van der Waals surface area contributed by atoms with Crippen LogP contribution < -0.4 is 0 Å². The van der Waals surface area contributed by atoms with E-state index in [0.717, 1.165) is 5.56 Å². The molecule has 2 aromatic carbocycles. The van der Waals surface area contributed by atoms with E-state index in [0.29, 0.717) is 11.4 Å². The van der Waals surface area contributed by atoms with E-state index >= 15 is 0 Å². The van der Waals surface area contributed by atoms with Gasteiger partial charge in [0.1, 0.15) is 0 Å². The van der Waals surface area contributed by atoms with E-state index in [9.17, 15) is 10.2 Å². The lowest BCUT2D eigenvalue weighted by Crippen LogP contribution is -2.37. The molecule has 0 spiro atoms. The van der Waals surface area contributed by atoms with Crippen molar-refractivity contribution in [1.82, 2.24) is 0 Å². The zero-order valence-electron chi connectivity index (χ0n) is 12.4. The van der Waals surface area contributed by atoms with Crippen LogP contribution in [-0.4, -0.2) is 23.4 Å². The van der Waals surface area contributed by atoms with E-state index in [1.54, 1.807) is 12.1 Å². The molecule has 0 amide bonds. The van der Waals surface area contributed by atoms with Crippen LogP contribution in [0, 0.1) is 13.8 Å². The zero-order valence-corrected chi connectivity index (χ0v) is 13.2. The summed E-state index contributed by atoms with van der Waals surface area (Å²) in [5.74, 6) is 0. The number of benzene rings is 2. The van der Waals surface area contributed by atoms with Gasteiger partial charge in [0, 0.05) is 10.4 Å². The fourth-order valence-electron chi connectivity index (χ4n) is 2.72. The SMILES string of the molecule is Cc1cccc(C)c1CC(CO)(CO)c1ccc(Cl)cc1. The van der Waals surface area contributed by atoms with Crippen molar-refractivity contribution >= 4 is 11.6 Å². The molecule has 0 aliphatic rings. The van der Waals surface area contributed by atoms with Crippen LogP contribution >= 0.6 is 11.6 Å². The highest BCUT2D eigenvalue weighted by Crippen LogP contribution is 2.31. The molecule has 2 rings (SSSR count). The largest absolute Gasteiger partial charge is 0.395 e.